The highest BCUT2D eigenvalue weighted by Gasteiger charge is 2.33. The van der Waals surface area contributed by atoms with E-state index in [2.05, 4.69) is 31.0 Å². The summed E-state index contributed by atoms with van der Waals surface area (Å²) in [5.74, 6) is 1.89. The van der Waals surface area contributed by atoms with Gasteiger partial charge in [-0.3, -0.25) is 4.79 Å². The highest BCUT2D eigenvalue weighted by Crippen LogP contribution is 2.35. The van der Waals surface area contributed by atoms with Crippen molar-refractivity contribution in [1.82, 2.24) is 10.2 Å². The zero-order chi connectivity index (χ0) is 16.1. The van der Waals surface area contributed by atoms with E-state index >= 15 is 0 Å². The maximum absolute atomic E-state index is 12.1. The van der Waals surface area contributed by atoms with E-state index in [4.69, 9.17) is 4.74 Å². The fraction of sp³-hybridized carbons (Fsp3) is 0.800. The molecule has 1 aromatic heterocycles. The molecule has 1 fully saturated rings. The smallest absolute Gasteiger partial charge is 0.316 e. The third-order valence-electron chi connectivity index (χ3n) is 4.12. The van der Waals surface area contributed by atoms with Crippen LogP contribution in [0.3, 0.4) is 0 Å². The molecule has 0 aliphatic heterocycles. The standard InChI is InChI=1S/C15H24N2O2S3/c1-9(2)11-6-5-10(3)7-12(11)19-13(18)8-21-15-17-16-14(20-4)22-15/h9-12H,5-8H2,1-4H3. The summed E-state index contributed by atoms with van der Waals surface area (Å²) in [6, 6.07) is 0. The van der Waals surface area contributed by atoms with Gasteiger partial charge in [0.1, 0.15) is 6.10 Å². The molecule has 2 rings (SSSR count). The van der Waals surface area contributed by atoms with Crippen LogP contribution in [0.5, 0.6) is 0 Å². The first-order valence-electron chi connectivity index (χ1n) is 7.69. The molecule has 1 aromatic rings. The van der Waals surface area contributed by atoms with Gasteiger partial charge in [0.2, 0.25) is 0 Å². The monoisotopic (exact) mass is 360 g/mol. The molecule has 0 N–H and O–H groups in total. The molecular weight excluding hydrogens is 336 g/mol. The molecular formula is C15H24N2O2S3. The van der Waals surface area contributed by atoms with E-state index in [0.717, 1.165) is 21.5 Å². The minimum absolute atomic E-state index is 0.0769. The number of hydrogen-bond donors (Lipinski definition) is 0. The van der Waals surface area contributed by atoms with Gasteiger partial charge in [0.25, 0.3) is 0 Å². The molecule has 0 aromatic carbocycles. The van der Waals surface area contributed by atoms with Crippen LogP contribution in [-0.4, -0.2) is 34.3 Å². The molecule has 0 saturated heterocycles. The van der Waals surface area contributed by atoms with Gasteiger partial charge in [-0.2, -0.15) is 0 Å². The maximum atomic E-state index is 12.1. The highest BCUT2D eigenvalue weighted by molar-refractivity contribution is 8.03. The molecule has 0 bridgehead atoms. The fourth-order valence-corrected chi connectivity index (χ4v) is 5.13. The van der Waals surface area contributed by atoms with E-state index in [0.29, 0.717) is 23.5 Å². The Hall–Kier alpha value is -0.270. The lowest BCUT2D eigenvalue weighted by atomic mass is 9.75. The lowest BCUT2D eigenvalue weighted by molar-refractivity contribution is -0.152. The lowest BCUT2D eigenvalue weighted by Gasteiger charge is -2.36. The number of carbonyl (C=O) groups is 1. The van der Waals surface area contributed by atoms with Crippen LogP contribution in [0.1, 0.15) is 40.0 Å². The Labute approximate surface area is 145 Å². The number of ether oxygens (including phenoxy) is 1. The molecule has 7 heteroatoms. The molecule has 3 atom stereocenters. The van der Waals surface area contributed by atoms with Gasteiger partial charge in [-0.25, -0.2) is 0 Å². The first-order valence-corrected chi connectivity index (χ1v) is 10.7. The van der Waals surface area contributed by atoms with Gasteiger partial charge in [-0.1, -0.05) is 62.1 Å². The normalized spacial score (nSPS) is 25.4. The van der Waals surface area contributed by atoms with Crippen LogP contribution in [0.15, 0.2) is 8.68 Å². The van der Waals surface area contributed by atoms with Crippen molar-refractivity contribution in [2.24, 2.45) is 17.8 Å². The molecule has 1 aliphatic rings. The second kappa shape index (κ2) is 8.55. The van der Waals surface area contributed by atoms with Crippen molar-refractivity contribution in [2.75, 3.05) is 12.0 Å². The van der Waals surface area contributed by atoms with Gasteiger partial charge in [-0.05, 0) is 36.9 Å². The van der Waals surface area contributed by atoms with Crippen molar-refractivity contribution in [2.45, 2.75) is 54.8 Å². The Kier molecular flexibility index (Phi) is 7.02. The summed E-state index contributed by atoms with van der Waals surface area (Å²) in [6.45, 7) is 6.69. The summed E-state index contributed by atoms with van der Waals surface area (Å²) in [5, 5.41) is 8.10. The van der Waals surface area contributed by atoms with Crippen LogP contribution in [0.2, 0.25) is 0 Å². The number of nitrogens with zero attached hydrogens (tertiary/aromatic N) is 2. The van der Waals surface area contributed by atoms with Gasteiger partial charge in [0, 0.05) is 0 Å². The molecule has 0 spiro atoms. The summed E-state index contributed by atoms with van der Waals surface area (Å²) in [5.41, 5.74) is 0. The second-order valence-corrected chi connectivity index (χ2v) is 9.43. The van der Waals surface area contributed by atoms with E-state index in [9.17, 15) is 4.79 Å². The molecule has 22 heavy (non-hydrogen) atoms. The van der Waals surface area contributed by atoms with Gasteiger partial charge >= 0.3 is 5.97 Å². The predicted molar refractivity (Wildman–Crippen MR) is 93.6 cm³/mol. The number of carbonyl (C=O) groups excluding carboxylic acids is 1. The van der Waals surface area contributed by atoms with Crippen molar-refractivity contribution >= 4 is 40.8 Å². The van der Waals surface area contributed by atoms with E-state index in [1.54, 1.807) is 11.8 Å². The molecule has 1 saturated carbocycles. The molecule has 0 amide bonds. The number of rotatable bonds is 6. The average Bonchev–Trinajstić information content (AvgIpc) is 2.93. The molecule has 3 unspecified atom stereocenters. The molecule has 0 radical (unpaired) electrons. The van der Waals surface area contributed by atoms with Gasteiger partial charge in [-0.15, -0.1) is 10.2 Å². The third kappa shape index (κ3) is 5.13. The van der Waals surface area contributed by atoms with E-state index in [1.807, 2.05) is 6.26 Å². The van der Waals surface area contributed by atoms with Crippen LogP contribution in [0.25, 0.3) is 0 Å². The largest absolute Gasteiger partial charge is 0.461 e. The minimum Gasteiger partial charge on any atom is -0.461 e. The van der Waals surface area contributed by atoms with Crippen molar-refractivity contribution in [3.8, 4) is 0 Å². The number of aromatic nitrogens is 2. The summed E-state index contributed by atoms with van der Waals surface area (Å²) in [4.78, 5) is 12.1. The molecule has 1 aliphatic carbocycles. The Balaban J connectivity index is 1.84. The van der Waals surface area contributed by atoms with Crippen molar-refractivity contribution < 1.29 is 9.53 Å². The third-order valence-corrected chi connectivity index (χ3v) is 7.13. The van der Waals surface area contributed by atoms with Crippen LogP contribution in [0, 0.1) is 17.8 Å². The van der Waals surface area contributed by atoms with Crippen LogP contribution < -0.4 is 0 Å². The first kappa shape index (κ1) is 18.1. The summed E-state index contributed by atoms with van der Waals surface area (Å²) >= 11 is 4.51. The lowest BCUT2D eigenvalue weighted by Crippen LogP contribution is -2.36. The number of esters is 1. The highest BCUT2D eigenvalue weighted by atomic mass is 32.2. The Morgan fingerprint density at radius 3 is 2.73 bits per heavy atom. The van der Waals surface area contributed by atoms with E-state index < -0.39 is 0 Å². The first-order chi connectivity index (χ1) is 10.5. The Morgan fingerprint density at radius 2 is 2.09 bits per heavy atom. The fourth-order valence-electron chi connectivity index (χ4n) is 2.91. The molecule has 124 valence electrons. The van der Waals surface area contributed by atoms with Crippen LogP contribution >= 0.6 is 34.9 Å². The SMILES string of the molecule is CSc1nnc(SCC(=O)OC2CC(C)CCC2C(C)C)s1. The topological polar surface area (TPSA) is 52.1 Å². The molecule has 4 nitrogen and oxygen atoms in total. The average molecular weight is 361 g/mol. The van der Waals surface area contributed by atoms with Crippen LogP contribution in [-0.2, 0) is 9.53 Å². The van der Waals surface area contributed by atoms with Gasteiger partial charge in [0.15, 0.2) is 8.68 Å². The van der Waals surface area contributed by atoms with Crippen molar-refractivity contribution in [3.63, 3.8) is 0 Å². The van der Waals surface area contributed by atoms with Crippen molar-refractivity contribution in [1.29, 1.82) is 0 Å². The summed E-state index contributed by atoms with van der Waals surface area (Å²) < 4.78 is 7.54. The number of hydrogen-bond acceptors (Lipinski definition) is 7. The van der Waals surface area contributed by atoms with E-state index in [-0.39, 0.29) is 12.1 Å². The van der Waals surface area contributed by atoms with Gasteiger partial charge < -0.3 is 4.74 Å². The van der Waals surface area contributed by atoms with Crippen molar-refractivity contribution in [3.05, 3.63) is 0 Å². The Bertz CT molecular complexity index is 493. The minimum atomic E-state index is -0.129. The zero-order valence-electron chi connectivity index (χ0n) is 13.6. The summed E-state index contributed by atoms with van der Waals surface area (Å²) in [6.07, 6.45) is 5.45. The summed E-state index contributed by atoms with van der Waals surface area (Å²) in [7, 11) is 0. The van der Waals surface area contributed by atoms with Crippen LogP contribution in [0.4, 0.5) is 0 Å². The zero-order valence-corrected chi connectivity index (χ0v) is 16.0. The van der Waals surface area contributed by atoms with Gasteiger partial charge in [0.05, 0.1) is 5.75 Å². The molecule has 1 heterocycles. The predicted octanol–water partition coefficient (Wildman–Crippen LogP) is 4.36. The quantitative estimate of drug-likeness (QED) is 0.555. The maximum Gasteiger partial charge on any atom is 0.316 e. The van der Waals surface area contributed by atoms with E-state index in [1.165, 1.54) is 29.5 Å². The second-order valence-electron chi connectivity index (χ2n) is 6.18. The Morgan fingerprint density at radius 1 is 1.36 bits per heavy atom. The number of thioether (sulfide) groups is 2.